The minimum atomic E-state index is -4.62. The Labute approximate surface area is 177 Å². The summed E-state index contributed by atoms with van der Waals surface area (Å²) >= 11 is 5.43. The van der Waals surface area contributed by atoms with Crippen LogP contribution in [0.4, 0.5) is 18.9 Å². The quantitative estimate of drug-likeness (QED) is 0.523. The van der Waals surface area contributed by atoms with Crippen molar-refractivity contribution >= 4 is 34.8 Å². The molecule has 0 unspecified atom stereocenters. The lowest BCUT2D eigenvalue weighted by molar-refractivity contribution is -0.137. The van der Waals surface area contributed by atoms with Gasteiger partial charge in [0, 0.05) is 12.1 Å². The minimum Gasteiger partial charge on any atom is -0.495 e. The second-order valence-electron chi connectivity index (χ2n) is 7.45. The molecule has 2 aromatic carbocycles. The van der Waals surface area contributed by atoms with Crippen molar-refractivity contribution in [2.24, 2.45) is 5.41 Å². The van der Waals surface area contributed by atoms with Crippen LogP contribution in [-0.4, -0.2) is 35.5 Å². The van der Waals surface area contributed by atoms with Gasteiger partial charge in [-0.2, -0.15) is 13.2 Å². The second-order valence-corrected chi connectivity index (χ2v) is 7.81. The first kappa shape index (κ1) is 21.8. The molecule has 1 aliphatic rings. The predicted octanol–water partition coefficient (Wildman–Crippen LogP) is 4.51. The monoisotopic (exact) mass is 436 g/mol. The lowest BCUT2D eigenvalue weighted by Gasteiger charge is -2.43. The van der Waals surface area contributed by atoms with E-state index >= 15 is 0 Å². The lowest BCUT2D eigenvalue weighted by atomic mass is 9.88. The first-order chi connectivity index (χ1) is 14.0. The van der Waals surface area contributed by atoms with Gasteiger partial charge in [0.2, 0.25) is 5.91 Å². The van der Waals surface area contributed by atoms with E-state index in [0.29, 0.717) is 17.5 Å². The van der Waals surface area contributed by atoms with E-state index < -0.39 is 29.0 Å². The van der Waals surface area contributed by atoms with Crippen LogP contribution in [0, 0.1) is 5.41 Å². The van der Waals surface area contributed by atoms with Crippen molar-refractivity contribution < 1.29 is 27.5 Å². The number of amides is 2. The van der Waals surface area contributed by atoms with E-state index in [0.717, 1.165) is 17.0 Å². The van der Waals surface area contributed by atoms with Gasteiger partial charge in [0.05, 0.1) is 23.8 Å². The van der Waals surface area contributed by atoms with Crippen LogP contribution in [0.3, 0.4) is 0 Å². The molecular formula is C21H19F3N2O3S. The summed E-state index contributed by atoms with van der Waals surface area (Å²) in [7, 11) is 1.48. The zero-order chi connectivity index (χ0) is 22.3. The molecule has 2 amide bonds. The molecule has 3 rings (SSSR count). The summed E-state index contributed by atoms with van der Waals surface area (Å²) in [5.41, 5.74) is -1.74. The molecule has 0 aromatic heterocycles. The summed E-state index contributed by atoms with van der Waals surface area (Å²) in [6.07, 6.45) is -4.62. The third kappa shape index (κ3) is 3.89. The zero-order valence-corrected chi connectivity index (χ0v) is 17.3. The summed E-state index contributed by atoms with van der Waals surface area (Å²) < 4.78 is 44.6. The number of ether oxygens (including phenoxy) is 1. The zero-order valence-electron chi connectivity index (χ0n) is 16.5. The number of methoxy groups -OCH3 is 1. The van der Waals surface area contributed by atoms with Gasteiger partial charge >= 0.3 is 6.18 Å². The van der Waals surface area contributed by atoms with E-state index in [2.05, 4.69) is 0 Å². The van der Waals surface area contributed by atoms with E-state index in [1.54, 1.807) is 43.0 Å². The molecule has 1 fully saturated rings. The number of halogens is 3. The van der Waals surface area contributed by atoms with Gasteiger partial charge < -0.3 is 9.64 Å². The van der Waals surface area contributed by atoms with E-state index in [4.69, 9.17) is 17.0 Å². The maximum absolute atomic E-state index is 13.1. The lowest BCUT2D eigenvalue weighted by Crippen LogP contribution is -2.62. The van der Waals surface area contributed by atoms with Crippen molar-refractivity contribution in [3.05, 3.63) is 59.7 Å². The number of nitrogens with zero attached hydrogens (tertiary/aromatic N) is 2. The van der Waals surface area contributed by atoms with E-state index in [1.165, 1.54) is 13.2 Å². The first-order valence-corrected chi connectivity index (χ1v) is 9.39. The Morgan fingerprint density at radius 1 is 1.13 bits per heavy atom. The van der Waals surface area contributed by atoms with Crippen molar-refractivity contribution in [2.45, 2.75) is 20.0 Å². The molecule has 0 saturated carbocycles. The predicted molar refractivity (Wildman–Crippen MR) is 109 cm³/mol. The van der Waals surface area contributed by atoms with Crippen LogP contribution < -0.4 is 9.64 Å². The summed E-state index contributed by atoms with van der Waals surface area (Å²) in [6.45, 7) is 3.47. The van der Waals surface area contributed by atoms with Gasteiger partial charge in [-0.1, -0.05) is 18.2 Å². The Bertz CT molecular complexity index is 1020. The van der Waals surface area contributed by atoms with Crippen LogP contribution >= 0.6 is 12.2 Å². The van der Waals surface area contributed by atoms with E-state index in [9.17, 15) is 22.8 Å². The Morgan fingerprint density at radius 3 is 2.43 bits per heavy atom. The van der Waals surface area contributed by atoms with Gasteiger partial charge in [0.15, 0.2) is 5.11 Å². The van der Waals surface area contributed by atoms with Crippen LogP contribution in [0.2, 0.25) is 0 Å². The fourth-order valence-corrected chi connectivity index (χ4v) is 3.55. The standard InChI is InChI=1S/C21H19F3N2O3S/c1-20(2)12-25(15-9-4-5-10-16(15)29-3)19(30)26(18(20)28)17(27)13-7-6-8-14(11-13)21(22,23)24/h4-11H,12H2,1-3H3. The summed E-state index contributed by atoms with van der Waals surface area (Å²) in [5.74, 6) is -1.01. The van der Waals surface area contributed by atoms with Crippen molar-refractivity contribution in [2.75, 3.05) is 18.6 Å². The Hall–Kier alpha value is -2.94. The van der Waals surface area contributed by atoms with E-state index in [1.807, 2.05) is 0 Å². The van der Waals surface area contributed by atoms with Gasteiger partial charge in [-0.25, -0.2) is 4.90 Å². The molecule has 30 heavy (non-hydrogen) atoms. The molecule has 0 N–H and O–H groups in total. The number of alkyl halides is 3. The minimum absolute atomic E-state index is 0.119. The van der Waals surface area contributed by atoms with E-state index in [-0.39, 0.29) is 17.2 Å². The maximum Gasteiger partial charge on any atom is 0.416 e. The molecule has 0 atom stereocenters. The Morgan fingerprint density at radius 2 is 1.80 bits per heavy atom. The number of para-hydroxylation sites is 2. The highest BCUT2D eigenvalue weighted by molar-refractivity contribution is 7.80. The largest absolute Gasteiger partial charge is 0.495 e. The van der Waals surface area contributed by atoms with Crippen LogP contribution in [0.5, 0.6) is 5.75 Å². The molecule has 158 valence electrons. The number of anilines is 1. The molecule has 0 aliphatic carbocycles. The second kappa shape index (κ2) is 7.71. The number of benzene rings is 2. The molecule has 1 aliphatic heterocycles. The summed E-state index contributed by atoms with van der Waals surface area (Å²) in [6, 6.07) is 10.9. The fourth-order valence-electron chi connectivity index (χ4n) is 3.22. The molecule has 1 saturated heterocycles. The third-order valence-corrected chi connectivity index (χ3v) is 5.18. The smallest absolute Gasteiger partial charge is 0.416 e. The highest BCUT2D eigenvalue weighted by Gasteiger charge is 2.46. The number of carbonyl (C=O) groups is 2. The van der Waals surface area contributed by atoms with Crippen molar-refractivity contribution in [1.82, 2.24) is 4.90 Å². The molecule has 9 heteroatoms. The molecule has 5 nitrogen and oxygen atoms in total. The molecular weight excluding hydrogens is 417 g/mol. The Balaban J connectivity index is 2.06. The highest BCUT2D eigenvalue weighted by Crippen LogP contribution is 2.36. The van der Waals surface area contributed by atoms with Gasteiger partial charge in [0.1, 0.15) is 5.75 Å². The van der Waals surface area contributed by atoms with Gasteiger partial charge in [-0.15, -0.1) is 0 Å². The average Bonchev–Trinajstić information content (AvgIpc) is 2.70. The number of carbonyl (C=O) groups excluding carboxylic acids is 2. The molecule has 0 radical (unpaired) electrons. The van der Waals surface area contributed by atoms with Gasteiger partial charge in [-0.3, -0.25) is 9.59 Å². The topological polar surface area (TPSA) is 49.9 Å². The highest BCUT2D eigenvalue weighted by atomic mass is 32.1. The number of hydrogen-bond acceptors (Lipinski definition) is 4. The number of hydrogen-bond donors (Lipinski definition) is 0. The third-order valence-electron chi connectivity index (χ3n) is 4.77. The van der Waals surface area contributed by atoms with Crippen molar-refractivity contribution in [3.63, 3.8) is 0 Å². The molecule has 1 heterocycles. The van der Waals surface area contributed by atoms with Gasteiger partial charge in [0.25, 0.3) is 5.91 Å². The Kier molecular flexibility index (Phi) is 5.60. The summed E-state index contributed by atoms with van der Waals surface area (Å²) in [4.78, 5) is 28.5. The fraction of sp³-hybridized carbons (Fsp3) is 0.286. The molecule has 0 spiro atoms. The SMILES string of the molecule is COc1ccccc1N1CC(C)(C)C(=O)N(C(=O)c2cccc(C(F)(F)F)c2)C1=S. The number of thiocarbonyl (C=S) groups is 1. The molecule has 0 bridgehead atoms. The van der Waals surface area contributed by atoms with Crippen molar-refractivity contribution in [1.29, 1.82) is 0 Å². The normalized spacial score (nSPS) is 16.6. The van der Waals surface area contributed by atoms with Crippen molar-refractivity contribution in [3.8, 4) is 5.75 Å². The first-order valence-electron chi connectivity index (χ1n) is 8.98. The summed E-state index contributed by atoms with van der Waals surface area (Å²) in [5, 5.41) is -0.119. The van der Waals surface area contributed by atoms with Crippen LogP contribution in [0.15, 0.2) is 48.5 Å². The van der Waals surface area contributed by atoms with Crippen LogP contribution in [0.1, 0.15) is 29.8 Å². The van der Waals surface area contributed by atoms with Gasteiger partial charge in [-0.05, 0) is 56.4 Å². The number of imide groups is 1. The average molecular weight is 436 g/mol. The maximum atomic E-state index is 13.1. The number of rotatable bonds is 3. The molecule has 2 aromatic rings. The van der Waals surface area contributed by atoms with Crippen LogP contribution in [-0.2, 0) is 11.0 Å². The van der Waals surface area contributed by atoms with Crippen LogP contribution in [0.25, 0.3) is 0 Å².